The molecule has 2 aliphatic rings. The van der Waals surface area contributed by atoms with Crippen LogP contribution < -0.4 is 0 Å². The number of benzene rings is 1. The van der Waals surface area contributed by atoms with E-state index >= 15 is 0 Å². The van der Waals surface area contributed by atoms with Crippen molar-refractivity contribution in [2.24, 2.45) is 0 Å². The summed E-state index contributed by atoms with van der Waals surface area (Å²) >= 11 is 1.77. The van der Waals surface area contributed by atoms with Crippen LogP contribution in [0, 0.1) is 10.1 Å². The molecule has 0 aliphatic carbocycles. The molecular formula is C19H25N3O4S. The number of nitrogens with zero attached hydrogens (tertiary/aromatic N) is 3. The largest absolute Gasteiger partial charge is 0.342 e. The molecule has 3 rings (SSSR count). The number of non-ortho nitro benzene ring substituents is 1. The van der Waals surface area contributed by atoms with E-state index in [2.05, 4.69) is 6.92 Å². The normalized spacial score (nSPS) is 18.7. The lowest BCUT2D eigenvalue weighted by Crippen LogP contribution is -2.53. The number of carbonyl (C=O) groups excluding carboxylic acids is 2. The van der Waals surface area contributed by atoms with Crippen molar-refractivity contribution in [3.8, 4) is 0 Å². The van der Waals surface area contributed by atoms with Gasteiger partial charge in [-0.15, -0.1) is 11.8 Å². The first-order chi connectivity index (χ1) is 13.0. The maximum absolute atomic E-state index is 13.1. The summed E-state index contributed by atoms with van der Waals surface area (Å²) in [6, 6.07) is 5.93. The Kier molecular flexibility index (Phi) is 6.04. The van der Waals surface area contributed by atoms with Crippen molar-refractivity contribution in [3.63, 3.8) is 0 Å². The lowest BCUT2D eigenvalue weighted by molar-refractivity contribution is -0.384. The van der Waals surface area contributed by atoms with Crippen LogP contribution >= 0.6 is 11.8 Å². The van der Waals surface area contributed by atoms with Crippen LogP contribution in [0.3, 0.4) is 0 Å². The lowest BCUT2D eigenvalue weighted by atomic mass is 10.00. The van der Waals surface area contributed by atoms with Gasteiger partial charge in [0.05, 0.1) is 9.79 Å². The van der Waals surface area contributed by atoms with E-state index < -0.39 is 4.92 Å². The van der Waals surface area contributed by atoms with E-state index in [1.54, 1.807) is 23.9 Å². The van der Waals surface area contributed by atoms with Crippen LogP contribution in [0.5, 0.6) is 0 Å². The van der Waals surface area contributed by atoms with Crippen LogP contribution in [-0.4, -0.2) is 56.8 Å². The van der Waals surface area contributed by atoms with Gasteiger partial charge in [0.25, 0.3) is 11.6 Å². The van der Waals surface area contributed by atoms with E-state index in [9.17, 15) is 19.7 Å². The van der Waals surface area contributed by atoms with Crippen LogP contribution in [-0.2, 0) is 4.79 Å². The second kappa shape index (κ2) is 8.29. The molecule has 8 heteroatoms. The van der Waals surface area contributed by atoms with Gasteiger partial charge in [0, 0.05) is 49.5 Å². The molecule has 0 atom stereocenters. The third-order valence-corrected chi connectivity index (χ3v) is 6.92. The average Bonchev–Trinajstić information content (AvgIpc) is 3.09. The highest BCUT2D eigenvalue weighted by molar-refractivity contribution is 8.00. The van der Waals surface area contributed by atoms with Crippen molar-refractivity contribution in [2.75, 3.05) is 25.4 Å². The number of carbonyl (C=O) groups is 2. The summed E-state index contributed by atoms with van der Waals surface area (Å²) in [6.07, 6.45) is 4.00. The molecule has 0 aromatic heterocycles. The average molecular weight is 391 g/mol. The van der Waals surface area contributed by atoms with Gasteiger partial charge in [0.2, 0.25) is 5.91 Å². The second-order valence-electron chi connectivity index (χ2n) is 7.04. The van der Waals surface area contributed by atoms with Gasteiger partial charge in [-0.3, -0.25) is 19.7 Å². The maximum Gasteiger partial charge on any atom is 0.270 e. The zero-order valence-corrected chi connectivity index (χ0v) is 16.4. The fraction of sp³-hybridized carbons (Fsp3) is 0.579. The molecule has 2 heterocycles. The molecule has 2 saturated heterocycles. The van der Waals surface area contributed by atoms with Gasteiger partial charge in [-0.05, 0) is 25.3 Å². The predicted octanol–water partition coefficient (Wildman–Crippen LogP) is 3.29. The van der Waals surface area contributed by atoms with Crippen molar-refractivity contribution >= 4 is 29.3 Å². The fourth-order valence-corrected chi connectivity index (χ4v) is 5.26. The number of nitro benzene ring substituents is 1. The highest BCUT2D eigenvalue weighted by Crippen LogP contribution is 2.44. The number of nitro groups is 1. The summed E-state index contributed by atoms with van der Waals surface area (Å²) in [5, 5.41) is 11.0. The lowest BCUT2D eigenvalue weighted by Gasteiger charge is -2.44. The zero-order chi connectivity index (χ0) is 19.4. The Hall–Kier alpha value is -2.09. The minimum Gasteiger partial charge on any atom is -0.342 e. The van der Waals surface area contributed by atoms with E-state index in [-0.39, 0.29) is 22.4 Å². The molecule has 0 radical (unpaired) electrons. The Bertz CT molecular complexity index is 731. The van der Waals surface area contributed by atoms with Crippen molar-refractivity contribution in [1.29, 1.82) is 0 Å². The van der Waals surface area contributed by atoms with Crippen LogP contribution in [0.2, 0.25) is 0 Å². The van der Waals surface area contributed by atoms with Gasteiger partial charge >= 0.3 is 0 Å². The zero-order valence-electron chi connectivity index (χ0n) is 15.6. The third kappa shape index (κ3) is 4.10. The van der Waals surface area contributed by atoms with E-state index in [1.807, 2.05) is 9.80 Å². The molecule has 7 nitrogen and oxygen atoms in total. The molecule has 2 aliphatic heterocycles. The Balaban J connectivity index is 1.70. The first-order valence-electron chi connectivity index (χ1n) is 9.45. The summed E-state index contributed by atoms with van der Waals surface area (Å²) in [5.74, 6) is 0.894. The van der Waals surface area contributed by atoms with Crippen molar-refractivity contribution < 1.29 is 14.5 Å². The number of thioether (sulfide) groups is 1. The Morgan fingerprint density at radius 1 is 1.26 bits per heavy atom. The molecule has 1 spiro atoms. The number of hydrogen-bond acceptors (Lipinski definition) is 5. The number of rotatable bonds is 5. The summed E-state index contributed by atoms with van der Waals surface area (Å²) in [5.41, 5.74) is 0.283. The van der Waals surface area contributed by atoms with Crippen LogP contribution in [0.1, 0.15) is 49.4 Å². The first kappa shape index (κ1) is 19.7. The minimum absolute atomic E-state index is 0.0712. The van der Waals surface area contributed by atoms with Crippen molar-refractivity contribution in [1.82, 2.24) is 9.80 Å². The summed E-state index contributed by atoms with van der Waals surface area (Å²) < 4.78 is 0. The van der Waals surface area contributed by atoms with Crippen molar-refractivity contribution in [3.05, 3.63) is 39.9 Å². The smallest absolute Gasteiger partial charge is 0.270 e. The summed E-state index contributed by atoms with van der Waals surface area (Å²) in [6.45, 7) is 4.03. The minimum atomic E-state index is -0.480. The van der Waals surface area contributed by atoms with E-state index in [0.29, 0.717) is 31.6 Å². The topological polar surface area (TPSA) is 83.8 Å². The first-order valence-corrected chi connectivity index (χ1v) is 10.4. The van der Waals surface area contributed by atoms with Gasteiger partial charge in [-0.1, -0.05) is 19.4 Å². The highest BCUT2D eigenvalue weighted by atomic mass is 32.2. The van der Waals surface area contributed by atoms with Gasteiger partial charge < -0.3 is 9.80 Å². The SMILES string of the molecule is CCCCC(=O)N1CCC2(CC1)SCCN2C(=O)c1cccc([N+](=O)[O-])c1. The van der Waals surface area contributed by atoms with E-state index in [0.717, 1.165) is 31.4 Å². The molecule has 27 heavy (non-hydrogen) atoms. The van der Waals surface area contributed by atoms with E-state index in [4.69, 9.17) is 0 Å². The molecule has 2 fully saturated rings. The number of amides is 2. The van der Waals surface area contributed by atoms with Crippen LogP contribution in [0.4, 0.5) is 5.69 Å². The Labute approximate surface area is 163 Å². The molecule has 1 aromatic rings. The standard InChI is InChI=1S/C19H25N3O4S/c1-2-3-7-17(23)20-10-8-19(9-11-20)21(12-13-27-19)18(24)15-5-4-6-16(14-15)22(25)26/h4-6,14H,2-3,7-13H2,1H3. The summed E-state index contributed by atoms with van der Waals surface area (Å²) in [4.78, 5) is 39.3. The van der Waals surface area contributed by atoms with Crippen LogP contribution in [0.25, 0.3) is 0 Å². The quantitative estimate of drug-likeness (QED) is 0.568. The van der Waals surface area contributed by atoms with Gasteiger partial charge in [0.1, 0.15) is 0 Å². The van der Waals surface area contributed by atoms with Crippen LogP contribution in [0.15, 0.2) is 24.3 Å². The molecule has 0 unspecified atom stereocenters. The number of likely N-dealkylation sites (tertiary alicyclic amines) is 1. The highest BCUT2D eigenvalue weighted by Gasteiger charge is 2.47. The molecular weight excluding hydrogens is 366 g/mol. The number of unbranched alkanes of at least 4 members (excludes halogenated alkanes) is 1. The summed E-state index contributed by atoms with van der Waals surface area (Å²) in [7, 11) is 0. The van der Waals surface area contributed by atoms with Gasteiger partial charge in [-0.2, -0.15) is 0 Å². The number of hydrogen-bond donors (Lipinski definition) is 0. The Morgan fingerprint density at radius 3 is 2.67 bits per heavy atom. The third-order valence-electron chi connectivity index (χ3n) is 5.37. The monoisotopic (exact) mass is 391 g/mol. The molecule has 2 amide bonds. The maximum atomic E-state index is 13.1. The van der Waals surface area contributed by atoms with Gasteiger partial charge in [-0.25, -0.2) is 0 Å². The van der Waals surface area contributed by atoms with Gasteiger partial charge in [0.15, 0.2) is 0 Å². The van der Waals surface area contributed by atoms with Crippen molar-refractivity contribution in [2.45, 2.75) is 43.9 Å². The molecule has 0 bridgehead atoms. The van der Waals surface area contributed by atoms with E-state index in [1.165, 1.54) is 12.1 Å². The second-order valence-corrected chi connectivity index (χ2v) is 8.50. The fourth-order valence-electron chi connectivity index (χ4n) is 3.81. The molecule has 0 N–H and O–H groups in total. The molecule has 0 saturated carbocycles. The molecule has 146 valence electrons. The predicted molar refractivity (Wildman–Crippen MR) is 105 cm³/mol. The Morgan fingerprint density at radius 2 is 2.00 bits per heavy atom. The molecule has 1 aromatic carbocycles. The number of piperidine rings is 1.